The Kier molecular flexibility index (Phi) is 7.47. The fourth-order valence-corrected chi connectivity index (χ4v) is 2.67. The molecule has 0 fully saturated rings. The Balaban J connectivity index is 2.76. The van der Waals surface area contributed by atoms with Crippen LogP contribution in [0.25, 0.3) is 0 Å². The fraction of sp³-hybridized carbons (Fsp3) is 0.625. The number of nitrogens with one attached hydrogen (secondary N) is 1. The van der Waals surface area contributed by atoms with Crippen molar-refractivity contribution in [3.63, 3.8) is 0 Å². The van der Waals surface area contributed by atoms with E-state index in [0.29, 0.717) is 12.1 Å². The molecule has 1 aromatic carbocycles. The van der Waals surface area contributed by atoms with Gasteiger partial charge in [-0.25, -0.2) is 0 Å². The van der Waals surface area contributed by atoms with E-state index < -0.39 is 0 Å². The molecule has 0 aliphatic heterocycles. The molecule has 1 atom stereocenters. The van der Waals surface area contributed by atoms with Crippen LogP contribution in [0.1, 0.15) is 45.6 Å². The highest BCUT2D eigenvalue weighted by atomic mass is 79.9. The molecule has 2 nitrogen and oxygen atoms in total. The lowest BCUT2D eigenvalue weighted by Gasteiger charge is -2.22. The van der Waals surface area contributed by atoms with Crippen molar-refractivity contribution in [2.24, 2.45) is 0 Å². The maximum atomic E-state index is 5.31. The Labute approximate surface area is 126 Å². The number of hydrogen-bond acceptors (Lipinski definition) is 2. The van der Waals surface area contributed by atoms with Crippen LogP contribution in [0, 0.1) is 0 Å². The quantitative estimate of drug-likeness (QED) is 0.755. The van der Waals surface area contributed by atoms with Gasteiger partial charge in [0, 0.05) is 16.6 Å². The van der Waals surface area contributed by atoms with Crippen LogP contribution in [0.3, 0.4) is 0 Å². The highest BCUT2D eigenvalue weighted by Crippen LogP contribution is 2.24. The second-order valence-electron chi connectivity index (χ2n) is 5.32. The van der Waals surface area contributed by atoms with E-state index in [4.69, 9.17) is 4.74 Å². The van der Waals surface area contributed by atoms with Crippen molar-refractivity contribution in [2.45, 2.75) is 58.5 Å². The monoisotopic (exact) mass is 327 g/mol. The smallest absolute Gasteiger partial charge is 0.119 e. The van der Waals surface area contributed by atoms with Gasteiger partial charge in [0.25, 0.3) is 0 Å². The molecule has 1 rings (SSSR count). The Morgan fingerprint density at radius 2 is 2.05 bits per heavy atom. The van der Waals surface area contributed by atoms with Crippen LogP contribution >= 0.6 is 15.9 Å². The molecular weight excluding hydrogens is 302 g/mol. The molecule has 0 saturated heterocycles. The number of ether oxygens (including phenoxy) is 1. The van der Waals surface area contributed by atoms with Crippen molar-refractivity contribution in [1.82, 2.24) is 5.32 Å². The summed E-state index contributed by atoms with van der Waals surface area (Å²) in [5, 5.41) is 3.67. The number of hydrogen-bond donors (Lipinski definition) is 1. The fourth-order valence-electron chi connectivity index (χ4n) is 2.27. The highest BCUT2D eigenvalue weighted by Gasteiger charge is 2.13. The molecule has 108 valence electrons. The Morgan fingerprint density at radius 3 is 2.63 bits per heavy atom. The molecule has 1 N–H and O–H groups in total. The normalized spacial score (nSPS) is 12.7. The van der Waals surface area contributed by atoms with Crippen LogP contribution in [0.5, 0.6) is 5.75 Å². The molecule has 19 heavy (non-hydrogen) atoms. The number of rotatable bonds is 8. The van der Waals surface area contributed by atoms with Crippen molar-refractivity contribution in [2.75, 3.05) is 7.11 Å². The number of unbranched alkanes of at least 4 members (excludes halogenated alkanes) is 1. The minimum atomic E-state index is 0.520. The predicted octanol–water partition coefficient (Wildman–Crippen LogP) is 4.56. The molecule has 0 spiro atoms. The average Bonchev–Trinajstić information content (AvgIpc) is 2.37. The third-order valence-electron chi connectivity index (χ3n) is 3.19. The van der Waals surface area contributed by atoms with E-state index >= 15 is 0 Å². The Bertz CT molecular complexity index is 379. The zero-order chi connectivity index (χ0) is 14.3. The maximum Gasteiger partial charge on any atom is 0.119 e. The second kappa shape index (κ2) is 8.60. The van der Waals surface area contributed by atoms with Crippen LogP contribution in [0.4, 0.5) is 0 Å². The predicted molar refractivity (Wildman–Crippen MR) is 86.0 cm³/mol. The third-order valence-corrected chi connectivity index (χ3v) is 3.97. The Morgan fingerprint density at radius 1 is 1.32 bits per heavy atom. The van der Waals surface area contributed by atoms with Crippen molar-refractivity contribution in [3.8, 4) is 5.75 Å². The van der Waals surface area contributed by atoms with Gasteiger partial charge in [0.15, 0.2) is 0 Å². The lowest BCUT2D eigenvalue weighted by atomic mass is 10.00. The van der Waals surface area contributed by atoms with Crippen LogP contribution < -0.4 is 10.1 Å². The molecule has 1 aromatic rings. The van der Waals surface area contributed by atoms with Crippen LogP contribution in [0.15, 0.2) is 22.7 Å². The minimum Gasteiger partial charge on any atom is -0.497 e. The maximum absolute atomic E-state index is 5.31. The lowest BCUT2D eigenvalue weighted by Crippen LogP contribution is -2.36. The van der Waals surface area contributed by atoms with Gasteiger partial charge in [0.2, 0.25) is 0 Å². The minimum absolute atomic E-state index is 0.520. The summed E-state index contributed by atoms with van der Waals surface area (Å²) in [7, 11) is 1.72. The third kappa shape index (κ3) is 5.96. The SMILES string of the molecule is CCCCC(Cc1cc(OC)ccc1Br)NC(C)C. The Hall–Kier alpha value is -0.540. The van der Waals surface area contributed by atoms with E-state index in [0.717, 1.165) is 12.2 Å². The summed E-state index contributed by atoms with van der Waals surface area (Å²) in [6.07, 6.45) is 4.77. The van der Waals surface area contributed by atoms with Gasteiger partial charge in [-0.2, -0.15) is 0 Å². The first-order valence-corrected chi connectivity index (χ1v) is 7.94. The van der Waals surface area contributed by atoms with Gasteiger partial charge in [-0.05, 0) is 36.6 Å². The molecular formula is C16H26BrNO. The summed E-state index contributed by atoms with van der Waals surface area (Å²) in [6.45, 7) is 6.66. The summed E-state index contributed by atoms with van der Waals surface area (Å²) in [5.74, 6) is 0.928. The second-order valence-corrected chi connectivity index (χ2v) is 6.18. The van der Waals surface area contributed by atoms with Crippen LogP contribution in [-0.2, 0) is 6.42 Å². The molecule has 0 bridgehead atoms. The summed E-state index contributed by atoms with van der Waals surface area (Å²) < 4.78 is 6.48. The average molecular weight is 328 g/mol. The van der Waals surface area contributed by atoms with Gasteiger partial charge in [0.05, 0.1) is 7.11 Å². The summed E-state index contributed by atoms with van der Waals surface area (Å²) in [4.78, 5) is 0. The first-order valence-electron chi connectivity index (χ1n) is 7.15. The van der Waals surface area contributed by atoms with Gasteiger partial charge >= 0.3 is 0 Å². The zero-order valence-corrected chi connectivity index (χ0v) is 14.1. The number of methoxy groups -OCH3 is 1. The van der Waals surface area contributed by atoms with Crippen molar-refractivity contribution in [1.29, 1.82) is 0 Å². The van der Waals surface area contributed by atoms with E-state index in [-0.39, 0.29) is 0 Å². The molecule has 0 heterocycles. The van der Waals surface area contributed by atoms with E-state index in [1.165, 1.54) is 29.3 Å². The van der Waals surface area contributed by atoms with Gasteiger partial charge in [-0.3, -0.25) is 0 Å². The zero-order valence-electron chi connectivity index (χ0n) is 12.5. The topological polar surface area (TPSA) is 21.3 Å². The molecule has 0 radical (unpaired) electrons. The van der Waals surface area contributed by atoms with Gasteiger partial charge < -0.3 is 10.1 Å². The molecule has 3 heteroatoms. The largest absolute Gasteiger partial charge is 0.497 e. The molecule has 0 amide bonds. The highest BCUT2D eigenvalue weighted by molar-refractivity contribution is 9.10. The molecule has 0 aromatic heterocycles. The van der Waals surface area contributed by atoms with Gasteiger partial charge in [0.1, 0.15) is 5.75 Å². The first kappa shape index (κ1) is 16.5. The number of halogens is 1. The molecule has 1 unspecified atom stereocenters. The van der Waals surface area contributed by atoms with Crippen molar-refractivity contribution in [3.05, 3.63) is 28.2 Å². The van der Waals surface area contributed by atoms with E-state index in [1.54, 1.807) is 7.11 Å². The summed E-state index contributed by atoms with van der Waals surface area (Å²) in [5.41, 5.74) is 1.31. The first-order chi connectivity index (χ1) is 9.06. The van der Waals surface area contributed by atoms with Crippen molar-refractivity contribution >= 4 is 15.9 Å². The van der Waals surface area contributed by atoms with E-state index in [2.05, 4.69) is 54.2 Å². The summed E-state index contributed by atoms with van der Waals surface area (Å²) >= 11 is 3.64. The molecule has 0 saturated carbocycles. The van der Waals surface area contributed by atoms with Gasteiger partial charge in [-0.15, -0.1) is 0 Å². The van der Waals surface area contributed by atoms with E-state index in [1.807, 2.05) is 6.07 Å². The summed E-state index contributed by atoms with van der Waals surface area (Å²) in [6, 6.07) is 7.24. The van der Waals surface area contributed by atoms with Crippen molar-refractivity contribution < 1.29 is 4.74 Å². The van der Waals surface area contributed by atoms with Crippen LogP contribution in [-0.4, -0.2) is 19.2 Å². The number of benzene rings is 1. The molecule has 0 aliphatic carbocycles. The van der Waals surface area contributed by atoms with E-state index in [9.17, 15) is 0 Å². The van der Waals surface area contributed by atoms with Crippen LogP contribution in [0.2, 0.25) is 0 Å². The standard InChI is InChI=1S/C16H26BrNO/c1-5-6-7-14(18-12(2)3)10-13-11-15(19-4)8-9-16(13)17/h8-9,11-12,14,18H,5-7,10H2,1-4H3. The van der Waals surface area contributed by atoms with Gasteiger partial charge in [-0.1, -0.05) is 49.5 Å². The lowest BCUT2D eigenvalue weighted by molar-refractivity contribution is 0.410. The molecule has 0 aliphatic rings.